The summed E-state index contributed by atoms with van der Waals surface area (Å²) in [7, 11) is 0. The number of benzene rings is 2. The van der Waals surface area contributed by atoms with Crippen molar-refractivity contribution in [2.24, 2.45) is 10.1 Å². The van der Waals surface area contributed by atoms with E-state index in [0.717, 1.165) is 47.8 Å². The van der Waals surface area contributed by atoms with Gasteiger partial charge in [0.15, 0.2) is 11.3 Å². The average Bonchev–Trinajstić information content (AvgIpc) is 2.78. The number of amides is 1. The fourth-order valence-corrected chi connectivity index (χ4v) is 4.60. The molecule has 162 valence electrons. The largest absolute Gasteiger partial charge is 0.372 e. The third-order valence-corrected chi connectivity index (χ3v) is 6.09. The van der Waals surface area contributed by atoms with Crippen molar-refractivity contribution in [3.05, 3.63) is 64.7 Å². The Labute approximate surface area is 187 Å². The van der Waals surface area contributed by atoms with Crippen molar-refractivity contribution < 1.29 is 4.79 Å². The van der Waals surface area contributed by atoms with Gasteiger partial charge in [-0.25, -0.2) is 5.01 Å². The van der Waals surface area contributed by atoms with Crippen molar-refractivity contribution in [1.29, 1.82) is 0 Å². The summed E-state index contributed by atoms with van der Waals surface area (Å²) >= 11 is 1.52. The molecule has 1 amide bonds. The van der Waals surface area contributed by atoms with Crippen LogP contribution < -0.4 is 20.8 Å². The van der Waals surface area contributed by atoms with Crippen molar-refractivity contribution in [3.63, 3.8) is 0 Å². The van der Waals surface area contributed by atoms with Crippen LogP contribution in [0.15, 0.2) is 58.6 Å². The van der Waals surface area contributed by atoms with Crippen LogP contribution in [0, 0.1) is 0 Å². The number of amidine groups is 1. The van der Waals surface area contributed by atoms with E-state index in [2.05, 4.69) is 48.3 Å². The minimum atomic E-state index is -0.372. The molecule has 0 saturated carbocycles. The van der Waals surface area contributed by atoms with Gasteiger partial charge in [0.2, 0.25) is 0 Å². The summed E-state index contributed by atoms with van der Waals surface area (Å²) in [5, 5.41) is 11.7. The van der Waals surface area contributed by atoms with E-state index in [1.807, 2.05) is 31.2 Å². The first-order valence-electron chi connectivity index (χ1n) is 11.0. The number of rotatable bonds is 7. The molecular weight excluding hydrogens is 406 g/mol. The van der Waals surface area contributed by atoms with Gasteiger partial charge < -0.3 is 4.90 Å². The van der Waals surface area contributed by atoms with E-state index in [0.29, 0.717) is 10.9 Å². The Kier molecular flexibility index (Phi) is 6.61. The molecule has 2 heterocycles. The number of para-hydroxylation sites is 1. The van der Waals surface area contributed by atoms with Crippen LogP contribution in [0.5, 0.6) is 0 Å². The molecule has 0 saturated heterocycles. The van der Waals surface area contributed by atoms with Crippen molar-refractivity contribution in [3.8, 4) is 0 Å². The van der Waals surface area contributed by atoms with Gasteiger partial charge in [0, 0.05) is 24.0 Å². The molecule has 0 aliphatic carbocycles. The lowest BCUT2D eigenvalue weighted by molar-refractivity contribution is -0.116. The molecule has 0 spiro atoms. The van der Waals surface area contributed by atoms with Gasteiger partial charge in [0.05, 0.1) is 5.36 Å². The number of thioether (sulfide) groups is 1. The van der Waals surface area contributed by atoms with E-state index in [-0.39, 0.29) is 12.1 Å². The molecular formula is C24H29N5OS. The monoisotopic (exact) mass is 435 g/mol. The first kappa shape index (κ1) is 21.4. The lowest BCUT2D eigenvalue weighted by Crippen LogP contribution is -2.50. The summed E-state index contributed by atoms with van der Waals surface area (Å²) < 4.78 is 0. The van der Waals surface area contributed by atoms with Gasteiger partial charge in [-0.3, -0.25) is 15.1 Å². The van der Waals surface area contributed by atoms with Crippen LogP contribution in [-0.4, -0.2) is 34.9 Å². The lowest BCUT2D eigenvalue weighted by Gasteiger charge is -2.34. The van der Waals surface area contributed by atoms with Gasteiger partial charge in [0.25, 0.3) is 5.91 Å². The first-order chi connectivity index (χ1) is 15.2. The van der Waals surface area contributed by atoms with Gasteiger partial charge in [-0.05, 0) is 42.4 Å². The zero-order valence-corrected chi connectivity index (χ0v) is 19.2. The Balaban J connectivity index is 1.76. The zero-order valence-electron chi connectivity index (χ0n) is 18.3. The summed E-state index contributed by atoms with van der Waals surface area (Å²) in [6.45, 7) is 8.54. The fourth-order valence-electron chi connectivity index (χ4n) is 4.01. The van der Waals surface area contributed by atoms with Crippen LogP contribution in [0.1, 0.15) is 45.3 Å². The quantitative estimate of drug-likeness (QED) is 0.726. The maximum absolute atomic E-state index is 13.0. The third-order valence-electron chi connectivity index (χ3n) is 5.34. The topological polar surface area (TPSA) is 60.3 Å². The van der Waals surface area contributed by atoms with E-state index < -0.39 is 0 Å². The van der Waals surface area contributed by atoms with E-state index in [4.69, 9.17) is 10.1 Å². The second-order valence-corrected chi connectivity index (χ2v) is 8.84. The fraction of sp³-hybridized carbons (Fsp3) is 0.375. The lowest BCUT2D eigenvalue weighted by atomic mass is 10.1. The minimum Gasteiger partial charge on any atom is -0.372 e. The second kappa shape index (κ2) is 9.56. The van der Waals surface area contributed by atoms with Crippen molar-refractivity contribution in [2.45, 2.75) is 39.8 Å². The zero-order chi connectivity index (χ0) is 21.8. The van der Waals surface area contributed by atoms with Gasteiger partial charge in [-0.15, -0.1) is 5.10 Å². The first-order valence-corrected chi connectivity index (χ1v) is 12.0. The number of nitrogens with zero attached hydrogens (tertiary/aromatic N) is 4. The molecule has 7 heteroatoms. The Hall–Kier alpha value is -2.80. The number of hydrogen-bond donors (Lipinski definition) is 1. The van der Waals surface area contributed by atoms with Crippen molar-refractivity contribution in [1.82, 2.24) is 10.3 Å². The summed E-state index contributed by atoms with van der Waals surface area (Å²) in [5.74, 6) is 0.701. The van der Waals surface area contributed by atoms with Crippen molar-refractivity contribution in [2.75, 3.05) is 23.7 Å². The molecule has 1 atom stereocenters. The van der Waals surface area contributed by atoms with Gasteiger partial charge in [-0.1, -0.05) is 62.9 Å². The molecule has 2 aliphatic rings. The number of carbonyl (C=O) groups excluding carboxylic acids is 1. The second-order valence-electron chi connectivity index (χ2n) is 7.58. The van der Waals surface area contributed by atoms with Gasteiger partial charge in [0.1, 0.15) is 5.70 Å². The van der Waals surface area contributed by atoms with Crippen LogP contribution in [0.25, 0.3) is 5.70 Å². The maximum atomic E-state index is 13.0. The molecule has 4 rings (SSSR count). The number of carbonyl (C=O) groups is 1. The molecule has 1 unspecified atom stereocenters. The molecule has 0 aromatic heterocycles. The highest BCUT2D eigenvalue weighted by Crippen LogP contribution is 2.31. The van der Waals surface area contributed by atoms with Crippen LogP contribution in [0.3, 0.4) is 0 Å². The Bertz CT molecular complexity index is 1090. The van der Waals surface area contributed by atoms with Crippen LogP contribution in [0.2, 0.25) is 0 Å². The molecule has 0 radical (unpaired) electrons. The number of anilines is 1. The van der Waals surface area contributed by atoms with Crippen LogP contribution in [0.4, 0.5) is 5.69 Å². The Morgan fingerprint density at radius 1 is 1.03 bits per heavy atom. The summed E-state index contributed by atoms with van der Waals surface area (Å²) in [6, 6.07) is 16.3. The van der Waals surface area contributed by atoms with E-state index in [9.17, 15) is 4.79 Å². The predicted molar refractivity (Wildman–Crippen MR) is 128 cm³/mol. The SMILES string of the molecule is CCCN(CCC)c1ccc(C2N=c3ccccc3=C3C(=O)NC(SCC)=NN32)cc1. The van der Waals surface area contributed by atoms with Gasteiger partial charge >= 0.3 is 0 Å². The molecule has 1 N–H and O–H groups in total. The smallest absolute Gasteiger partial charge is 0.276 e. The minimum absolute atomic E-state index is 0.132. The van der Waals surface area contributed by atoms with Crippen molar-refractivity contribution >= 4 is 34.2 Å². The third kappa shape index (κ3) is 4.32. The average molecular weight is 436 g/mol. The summed E-state index contributed by atoms with van der Waals surface area (Å²) in [5.41, 5.74) is 2.79. The molecule has 2 aromatic carbocycles. The number of hydrazone groups is 1. The number of fused-ring (bicyclic) bond motifs is 2. The van der Waals surface area contributed by atoms with Gasteiger partial charge in [-0.2, -0.15) is 0 Å². The number of nitrogens with one attached hydrogen (secondary N) is 1. The molecule has 2 aliphatic heterocycles. The summed E-state index contributed by atoms with van der Waals surface area (Å²) in [6.07, 6.45) is 1.86. The standard InChI is InChI=1S/C24H29N5OS/c1-4-15-28(16-5-2)18-13-11-17(12-14-18)22-25-20-10-8-7-9-19(20)21-23(30)26-24(31-6-3)27-29(21)22/h7-14,22H,4-6,15-16H2,1-3H3,(H,26,27,30). The molecule has 2 aromatic rings. The highest BCUT2D eigenvalue weighted by molar-refractivity contribution is 8.13. The number of hydrogen-bond acceptors (Lipinski definition) is 6. The van der Waals surface area contributed by atoms with E-state index >= 15 is 0 Å². The highest BCUT2D eigenvalue weighted by Gasteiger charge is 2.34. The van der Waals surface area contributed by atoms with Crippen LogP contribution in [-0.2, 0) is 4.79 Å². The molecule has 31 heavy (non-hydrogen) atoms. The Morgan fingerprint density at radius 2 is 1.74 bits per heavy atom. The highest BCUT2D eigenvalue weighted by atomic mass is 32.2. The van der Waals surface area contributed by atoms with E-state index in [1.165, 1.54) is 17.4 Å². The normalized spacial score (nSPS) is 17.3. The van der Waals surface area contributed by atoms with E-state index in [1.54, 1.807) is 5.01 Å². The molecule has 0 bridgehead atoms. The molecule has 6 nitrogen and oxygen atoms in total. The Morgan fingerprint density at radius 3 is 2.42 bits per heavy atom. The summed E-state index contributed by atoms with van der Waals surface area (Å²) in [4.78, 5) is 20.4. The predicted octanol–water partition coefficient (Wildman–Crippen LogP) is 3.21. The maximum Gasteiger partial charge on any atom is 0.276 e. The van der Waals surface area contributed by atoms with Crippen LogP contribution >= 0.6 is 11.8 Å². The molecule has 0 fully saturated rings.